The second-order valence-electron chi connectivity index (χ2n) is 9.43. The first kappa shape index (κ1) is 24.9. The zero-order chi connectivity index (χ0) is 24.2. The van der Waals surface area contributed by atoms with Crippen LogP contribution < -0.4 is 14.8 Å². The fraction of sp³-hybridized carbons (Fsp3) is 0.500. The second-order valence-corrected chi connectivity index (χ2v) is 10.6. The van der Waals surface area contributed by atoms with Crippen LogP contribution >= 0.6 is 11.8 Å². The number of aromatic nitrogens is 1. The van der Waals surface area contributed by atoms with Crippen molar-refractivity contribution in [2.75, 3.05) is 19.5 Å². The van der Waals surface area contributed by atoms with Crippen molar-refractivity contribution in [1.29, 1.82) is 5.26 Å². The third-order valence-electron chi connectivity index (χ3n) is 6.28. The van der Waals surface area contributed by atoms with E-state index in [9.17, 15) is 10.1 Å². The number of pyridine rings is 1. The van der Waals surface area contributed by atoms with Gasteiger partial charge < -0.3 is 14.8 Å². The Labute approximate surface area is 201 Å². The van der Waals surface area contributed by atoms with Crippen molar-refractivity contribution in [3.8, 4) is 17.6 Å². The van der Waals surface area contributed by atoms with Gasteiger partial charge in [-0.25, -0.2) is 4.98 Å². The van der Waals surface area contributed by atoms with Crippen LogP contribution in [0.25, 0.3) is 0 Å². The first-order chi connectivity index (χ1) is 15.7. The lowest BCUT2D eigenvalue weighted by Gasteiger charge is -2.34. The first-order valence-corrected chi connectivity index (χ1v) is 12.2. The number of carbonyl (C=O) groups is 1. The van der Waals surface area contributed by atoms with Crippen molar-refractivity contribution in [3.05, 3.63) is 41.1 Å². The van der Waals surface area contributed by atoms with Crippen molar-refractivity contribution in [2.45, 2.75) is 63.7 Å². The number of nitrogens with zero attached hydrogens (tertiary/aromatic N) is 2. The van der Waals surface area contributed by atoms with E-state index in [-0.39, 0.29) is 11.3 Å². The maximum atomic E-state index is 13.1. The molecule has 1 aliphatic rings. The fourth-order valence-electron chi connectivity index (χ4n) is 4.14. The zero-order valence-electron chi connectivity index (χ0n) is 20.3. The van der Waals surface area contributed by atoms with Crippen molar-refractivity contribution >= 4 is 23.4 Å². The van der Waals surface area contributed by atoms with Crippen LogP contribution in [0.4, 0.5) is 5.69 Å². The van der Waals surface area contributed by atoms with Crippen LogP contribution in [-0.4, -0.2) is 30.4 Å². The number of fused-ring (bicyclic) bond motifs is 1. The van der Waals surface area contributed by atoms with Gasteiger partial charge in [-0.15, -0.1) is 0 Å². The molecule has 0 radical (unpaired) electrons. The van der Waals surface area contributed by atoms with Crippen LogP contribution in [0, 0.1) is 22.7 Å². The van der Waals surface area contributed by atoms with E-state index in [1.165, 1.54) is 17.3 Å². The zero-order valence-corrected chi connectivity index (χ0v) is 21.1. The molecule has 1 aliphatic carbocycles. The summed E-state index contributed by atoms with van der Waals surface area (Å²) >= 11 is 1.35. The maximum absolute atomic E-state index is 13.1. The molecule has 2 unspecified atom stereocenters. The molecular weight excluding hydrogens is 434 g/mol. The molecule has 0 aliphatic heterocycles. The van der Waals surface area contributed by atoms with E-state index < -0.39 is 5.25 Å². The van der Waals surface area contributed by atoms with Gasteiger partial charge in [0.25, 0.3) is 0 Å². The molecule has 176 valence electrons. The maximum Gasteiger partial charge on any atom is 0.238 e. The minimum absolute atomic E-state index is 0.162. The molecule has 0 fully saturated rings. The monoisotopic (exact) mass is 467 g/mol. The number of hydrogen-bond acceptors (Lipinski definition) is 6. The summed E-state index contributed by atoms with van der Waals surface area (Å²) in [7, 11) is 3.14. The molecule has 0 saturated heterocycles. The number of nitriles is 1. The number of amides is 1. The van der Waals surface area contributed by atoms with E-state index in [0.717, 1.165) is 25.0 Å². The molecule has 33 heavy (non-hydrogen) atoms. The summed E-state index contributed by atoms with van der Waals surface area (Å²) in [6.45, 7) is 8.77. The summed E-state index contributed by atoms with van der Waals surface area (Å²) in [4.78, 5) is 18.0. The minimum Gasteiger partial charge on any atom is -0.497 e. The minimum atomic E-state index is -0.399. The predicted molar refractivity (Wildman–Crippen MR) is 132 cm³/mol. The van der Waals surface area contributed by atoms with Crippen LogP contribution in [0.3, 0.4) is 0 Å². The quantitative estimate of drug-likeness (QED) is 0.531. The number of benzene rings is 1. The predicted octanol–water partition coefficient (Wildman–Crippen LogP) is 5.63. The summed E-state index contributed by atoms with van der Waals surface area (Å²) in [6.07, 6.45) is 3.53. The van der Waals surface area contributed by atoms with Crippen LogP contribution in [0.15, 0.2) is 29.3 Å². The number of methoxy groups -OCH3 is 2. The standard InChI is InChI=1S/C26H33N3O3S/c1-7-23(24(30)28-21-14-19(31-5)9-11-22(21)32-6)33-25-17(15-27)12-16-13-18(26(2,3)4)8-10-20(16)29-25/h9,11-12,14,18,23H,7-8,10,13H2,1-6H3,(H,28,30). The molecule has 1 aromatic heterocycles. The number of anilines is 1. The average molecular weight is 468 g/mol. The highest BCUT2D eigenvalue weighted by molar-refractivity contribution is 8.00. The van der Waals surface area contributed by atoms with Crippen LogP contribution in [-0.2, 0) is 17.6 Å². The fourth-order valence-corrected chi connectivity index (χ4v) is 5.13. The Morgan fingerprint density at radius 1 is 1.30 bits per heavy atom. The second kappa shape index (κ2) is 10.5. The summed E-state index contributed by atoms with van der Waals surface area (Å²) in [5, 5.41) is 13.0. The molecule has 0 bridgehead atoms. The molecule has 2 atom stereocenters. The van der Waals surface area contributed by atoms with Gasteiger partial charge in [0.1, 0.15) is 22.6 Å². The first-order valence-electron chi connectivity index (χ1n) is 11.3. The lowest BCUT2D eigenvalue weighted by molar-refractivity contribution is -0.115. The van der Waals surface area contributed by atoms with Gasteiger partial charge in [0.15, 0.2) is 0 Å². The molecule has 1 aromatic carbocycles. The Morgan fingerprint density at radius 2 is 2.06 bits per heavy atom. The van der Waals surface area contributed by atoms with Crippen molar-refractivity contribution in [1.82, 2.24) is 4.98 Å². The molecule has 0 spiro atoms. The van der Waals surface area contributed by atoms with Gasteiger partial charge in [-0.3, -0.25) is 4.79 Å². The van der Waals surface area contributed by atoms with Gasteiger partial charge in [-0.1, -0.05) is 39.5 Å². The number of carbonyl (C=O) groups excluding carboxylic acids is 1. The number of ether oxygens (including phenoxy) is 2. The molecule has 1 N–H and O–H groups in total. The third kappa shape index (κ3) is 5.80. The average Bonchev–Trinajstić information content (AvgIpc) is 2.80. The SMILES string of the molecule is CCC(Sc1nc2c(cc1C#N)CC(C(C)(C)C)CC2)C(=O)Nc1cc(OC)ccc1OC. The van der Waals surface area contributed by atoms with Crippen molar-refractivity contribution in [3.63, 3.8) is 0 Å². The Hall–Kier alpha value is -2.72. The Morgan fingerprint density at radius 3 is 2.67 bits per heavy atom. The van der Waals surface area contributed by atoms with E-state index in [1.54, 1.807) is 32.4 Å². The highest BCUT2D eigenvalue weighted by Gasteiger charge is 2.30. The summed E-state index contributed by atoms with van der Waals surface area (Å²) < 4.78 is 10.6. The molecule has 1 heterocycles. The number of nitrogens with one attached hydrogen (secondary N) is 1. The molecule has 1 amide bonds. The summed E-state index contributed by atoms with van der Waals surface area (Å²) in [6, 6.07) is 9.55. The van der Waals surface area contributed by atoms with Crippen molar-refractivity contribution in [2.24, 2.45) is 11.3 Å². The molecule has 6 nitrogen and oxygen atoms in total. The molecule has 0 saturated carbocycles. The highest BCUT2D eigenvalue weighted by Crippen LogP contribution is 2.39. The van der Waals surface area contributed by atoms with Crippen LogP contribution in [0.5, 0.6) is 11.5 Å². The number of rotatable bonds is 7. The van der Waals surface area contributed by atoms with Crippen LogP contribution in [0.1, 0.15) is 57.4 Å². The Balaban J connectivity index is 1.82. The van der Waals surface area contributed by atoms with Crippen molar-refractivity contribution < 1.29 is 14.3 Å². The molecule has 7 heteroatoms. The summed E-state index contributed by atoms with van der Waals surface area (Å²) in [5.41, 5.74) is 3.54. The Bertz CT molecular complexity index is 1060. The number of aryl methyl sites for hydroxylation is 1. The molecule has 2 aromatic rings. The normalized spacial score (nSPS) is 16.3. The van der Waals surface area contributed by atoms with Gasteiger partial charge in [0.2, 0.25) is 5.91 Å². The van der Waals surface area contributed by atoms with Gasteiger partial charge in [-0.2, -0.15) is 5.26 Å². The molecule has 3 rings (SSSR count). The number of hydrogen-bond donors (Lipinski definition) is 1. The van der Waals surface area contributed by atoms with E-state index in [0.29, 0.717) is 40.1 Å². The van der Waals surface area contributed by atoms with Gasteiger partial charge in [0, 0.05) is 11.8 Å². The van der Waals surface area contributed by atoms with Crippen LogP contribution in [0.2, 0.25) is 0 Å². The van der Waals surface area contributed by atoms with Gasteiger partial charge >= 0.3 is 0 Å². The highest BCUT2D eigenvalue weighted by atomic mass is 32.2. The Kier molecular flexibility index (Phi) is 7.91. The third-order valence-corrected chi connectivity index (χ3v) is 7.65. The van der Waals surface area contributed by atoms with Gasteiger partial charge in [0.05, 0.1) is 30.7 Å². The van der Waals surface area contributed by atoms with E-state index in [2.05, 4.69) is 32.2 Å². The van der Waals surface area contributed by atoms with Gasteiger partial charge in [-0.05, 0) is 60.8 Å². The topological polar surface area (TPSA) is 84.2 Å². The lowest BCUT2D eigenvalue weighted by atomic mass is 9.71. The van der Waals surface area contributed by atoms with E-state index in [1.807, 2.05) is 13.0 Å². The largest absolute Gasteiger partial charge is 0.497 e. The van der Waals surface area contributed by atoms with E-state index >= 15 is 0 Å². The smallest absolute Gasteiger partial charge is 0.238 e. The molecular formula is C26H33N3O3S. The van der Waals surface area contributed by atoms with E-state index in [4.69, 9.17) is 14.5 Å². The number of thioether (sulfide) groups is 1. The summed E-state index contributed by atoms with van der Waals surface area (Å²) in [5.74, 6) is 1.60. The lowest BCUT2D eigenvalue weighted by Crippen LogP contribution is -2.28.